The summed E-state index contributed by atoms with van der Waals surface area (Å²) in [5, 5.41) is 9.05. The molecule has 1 N–H and O–H groups in total. The molecule has 0 aliphatic carbocycles. The molecule has 0 fully saturated rings. The van der Waals surface area contributed by atoms with Gasteiger partial charge in [-0.05, 0) is 32.9 Å². The minimum Gasteiger partial charge on any atom is -0.497 e. The van der Waals surface area contributed by atoms with Gasteiger partial charge in [-0.3, -0.25) is 9.69 Å². The zero-order valence-electron chi connectivity index (χ0n) is 13.0. The molecule has 0 radical (unpaired) electrons. The Morgan fingerprint density at radius 1 is 1.52 bits per heavy atom. The molecule has 0 saturated heterocycles. The highest BCUT2D eigenvalue weighted by Gasteiger charge is 2.25. The van der Waals surface area contributed by atoms with Crippen molar-refractivity contribution in [1.82, 2.24) is 4.90 Å². The van der Waals surface area contributed by atoms with Crippen molar-refractivity contribution < 1.29 is 19.4 Å². The van der Waals surface area contributed by atoms with Crippen LogP contribution in [0.1, 0.15) is 31.9 Å². The average Bonchev–Trinajstić information content (AvgIpc) is 2.77. The van der Waals surface area contributed by atoms with Crippen LogP contribution < -0.4 is 9.47 Å². The molecule has 1 aromatic carbocycles. The third kappa shape index (κ3) is 3.67. The van der Waals surface area contributed by atoms with E-state index in [1.165, 1.54) is 0 Å². The predicted molar refractivity (Wildman–Crippen MR) is 80.0 cm³/mol. The van der Waals surface area contributed by atoms with Gasteiger partial charge >= 0.3 is 5.97 Å². The van der Waals surface area contributed by atoms with Gasteiger partial charge in [-0.1, -0.05) is 0 Å². The largest absolute Gasteiger partial charge is 0.497 e. The number of carbonyl (C=O) groups is 1. The van der Waals surface area contributed by atoms with Crippen molar-refractivity contribution in [3.8, 4) is 11.5 Å². The monoisotopic (exact) mass is 293 g/mol. The maximum Gasteiger partial charge on any atom is 0.317 e. The highest BCUT2D eigenvalue weighted by molar-refractivity contribution is 5.69. The number of methoxy groups -OCH3 is 1. The molecule has 0 aromatic heterocycles. The van der Waals surface area contributed by atoms with E-state index in [2.05, 4.69) is 0 Å². The lowest BCUT2D eigenvalue weighted by Gasteiger charge is -2.25. The fourth-order valence-electron chi connectivity index (χ4n) is 2.63. The second-order valence-electron chi connectivity index (χ2n) is 5.80. The van der Waals surface area contributed by atoms with Crippen LogP contribution in [0, 0.1) is 0 Å². The Bertz CT molecular complexity index is 527. The van der Waals surface area contributed by atoms with Crippen LogP contribution in [0.3, 0.4) is 0 Å². The van der Waals surface area contributed by atoms with Gasteiger partial charge in [-0.25, -0.2) is 0 Å². The van der Waals surface area contributed by atoms with E-state index in [4.69, 9.17) is 14.6 Å². The molecule has 21 heavy (non-hydrogen) atoms. The number of ether oxygens (including phenoxy) is 2. The van der Waals surface area contributed by atoms with Crippen LogP contribution in [0.15, 0.2) is 12.1 Å². The van der Waals surface area contributed by atoms with Crippen molar-refractivity contribution in [2.45, 2.75) is 45.9 Å². The number of fused-ring (bicyclic) bond motifs is 1. The Kier molecular flexibility index (Phi) is 4.73. The van der Waals surface area contributed by atoms with Crippen LogP contribution in [0.5, 0.6) is 11.5 Å². The summed E-state index contributed by atoms with van der Waals surface area (Å²) < 4.78 is 11.2. The van der Waals surface area contributed by atoms with E-state index < -0.39 is 5.97 Å². The second kappa shape index (κ2) is 6.35. The molecule has 0 spiro atoms. The molecule has 1 unspecified atom stereocenters. The normalized spacial score (nSPS) is 17.0. The highest BCUT2D eigenvalue weighted by atomic mass is 16.5. The number of carboxylic acid groups (broad SMARTS) is 1. The van der Waals surface area contributed by atoms with Gasteiger partial charge < -0.3 is 14.6 Å². The van der Waals surface area contributed by atoms with E-state index >= 15 is 0 Å². The lowest BCUT2D eigenvalue weighted by Crippen LogP contribution is -2.35. The molecule has 0 amide bonds. The van der Waals surface area contributed by atoms with Gasteiger partial charge in [-0.2, -0.15) is 0 Å². The van der Waals surface area contributed by atoms with E-state index in [1.807, 2.05) is 37.8 Å². The number of aliphatic carboxylic acids is 1. The van der Waals surface area contributed by atoms with Crippen molar-refractivity contribution in [2.75, 3.05) is 13.7 Å². The molecule has 2 rings (SSSR count). The first-order valence-corrected chi connectivity index (χ1v) is 7.23. The zero-order valence-corrected chi connectivity index (χ0v) is 13.0. The number of hydrogen-bond acceptors (Lipinski definition) is 4. The number of nitrogens with zero attached hydrogens (tertiary/aromatic N) is 1. The van der Waals surface area contributed by atoms with E-state index in [0.717, 1.165) is 29.0 Å². The molecule has 1 aliphatic heterocycles. The van der Waals surface area contributed by atoms with Crippen molar-refractivity contribution >= 4 is 5.97 Å². The fourth-order valence-corrected chi connectivity index (χ4v) is 2.63. The summed E-state index contributed by atoms with van der Waals surface area (Å²) >= 11 is 0. The third-order valence-corrected chi connectivity index (χ3v) is 3.72. The molecule has 116 valence electrons. The topological polar surface area (TPSA) is 59.0 Å². The second-order valence-corrected chi connectivity index (χ2v) is 5.80. The standard InChI is InChI=1S/C16H23NO4/c1-10(2)17(9-15(18)19)8-13-7-14(20-4)6-12-5-11(3)21-16(12)13/h6-7,10-11H,5,8-9H2,1-4H3,(H,18,19). The maximum atomic E-state index is 11.0. The van der Waals surface area contributed by atoms with Crippen molar-refractivity contribution in [1.29, 1.82) is 0 Å². The first kappa shape index (κ1) is 15.6. The molecule has 1 atom stereocenters. The third-order valence-electron chi connectivity index (χ3n) is 3.72. The minimum absolute atomic E-state index is 0.0131. The van der Waals surface area contributed by atoms with Gasteiger partial charge in [0.1, 0.15) is 17.6 Å². The summed E-state index contributed by atoms with van der Waals surface area (Å²) in [6, 6.07) is 4.08. The smallest absolute Gasteiger partial charge is 0.317 e. The van der Waals surface area contributed by atoms with Crippen molar-refractivity contribution in [3.63, 3.8) is 0 Å². The quantitative estimate of drug-likeness (QED) is 0.872. The highest BCUT2D eigenvalue weighted by Crippen LogP contribution is 2.37. The predicted octanol–water partition coefficient (Wildman–Crippen LogP) is 2.31. The average molecular weight is 293 g/mol. The van der Waals surface area contributed by atoms with Crippen LogP contribution in [0.2, 0.25) is 0 Å². The minimum atomic E-state index is -0.822. The molecule has 1 heterocycles. The van der Waals surface area contributed by atoms with E-state index in [0.29, 0.717) is 6.54 Å². The summed E-state index contributed by atoms with van der Waals surface area (Å²) in [6.45, 7) is 6.57. The zero-order chi connectivity index (χ0) is 15.6. The summed E-state index contributed by atoms with van der Waals surface area (Å²) in [5.41, 5.74) is 2.12. The van der Waals surface area contributed by atoms with Crippen LogP contribution in [-0.2, 0) is 17.8 Å². The fraction of sp³-hybridized carbons (Fsp3) is 0.562. The Hall–Kier alpha value is -1.75. The first-order valence-electron chi connectivity index (χ1n) is 7.23. The molecule has 0 bridgehead atoms. The number of benzene rings is 1. The molecule has 5 nitrogen and oxygen atoms in total. The number of rotatable bonds is 6. The Labute approximate surface area is 125 Å². The van der Waals surface area contributed by atoms with Gasteiger partial charge in [0, 0.05) is 30.1 Å². The number of carboxylic acids is 1. The van der Waals surface area contributed by atoms with E-state index in [9.17, 15) is 4.79 Å². The molecular formula is C16H23NO4. The molecule has 0 saturated carbocycles. The Morgan fingerprint density at radius 2 is 2.24 bits per heavy atom. The van der Waals surface area contributed by atoms with E-state index in [-0.39, 0.29) is 18.7 Å². The molecular weight excluding hydrogens is 270 g/mol. The van der Waals surface area contributed by atoms with Gasteiger partial charge in [0.05, 0.1) is 13.7 Å². The number of hydrogen-bond donors (Lipinski definition) is 1. The Morgan fingerprint density at radius 3 is 2.81 bits per heavy atom. The van der Waals surface area contributed by atoms with Crippen molar-refractivity contribution in [2.24, 2.45) is 0 Å². The van der Waals surface area contributed by atoms with Gasteiger partial charge in [0.2, 0.25) is 0 Å². The summed E-state index contributed by atoms with van der Waals surface area (Å²) in [6.07, 6.45) is 1.01. The van der Waals surface area contributed by atoms with Crippen LogP contribution >= 0.6 is 0 Å². The Balaban J connectivity index is 2.30. The molecule has 5 heteroatoms. The van der Waals surface area contributed by atoms with E-state index in [1.54, 1.807) is 7.11 Å². The lowest BCUT2D eigenvalue weighted by molar-refractivity contribution is -0.138. The molecule has 1 aliphatic rings. The van der Waals surface area contributed by atoms with Gasteiger partial charge in [0.25, 0.3) is 0 Å². The van der Waals surface area contributed by atoms with Gasteiger partial charge in [0.15, 0.2) is 0 Å². The summed E-state index contributed by atoms with van der Waals surface area (Å²) in [7, 11) is 1.64. The van der Waals surface area contributed by atoms with Crippen LogP contribution in [-0.4, -0.2) is 41.8 Å². The van der Waals surface area contributed by atoms with Gasteiger partial charge in [-0.15, -0.1) is 0 Å². The lowest BCUT2D eigenvalue weighted by atomic mass is 10.0. The van der Waals surface area contributed by atoms with Crippen LogP contribution in [0.25, 0.3) is 0 Å². The first-order chi connectivity index (χ1) is 9.90. The summed E-state index contributed by atoms with van der Waals surface area (Å²) in [5.74, 6) is 0.859. The van der Waals surface area contributed by atoms with Crippen molar-refractivity contribution in [3.05, 3.63) is 23.3 Å². The maximum absolute atomic E-state index is 11.0. The summed E-state index contributed by atoms with van der Waals surface area (Å²) in [4.78, 5) is 12.9. The van der Waals surface area contributed by atoms with Crippen LogP contribution in [0.4, 0.5) is 0 Å². The molecule has 1 aromatic rings. The SMILES string of the molecule is COc1cc2c(c(CN(CC(=O)O)C(C)C)c1)OC(C)C2.